The molecule has 0 bridgehead atoms. The third kappa shape index (κ3) is 2.12. The summed E-state index contributed by atoms with van der Waals surface area (Å²) in [7, 11) is 0. The van der Waals surface area contributed by atoms with Crippen molar-refractivity contribution >= 4 is 0 Å². The van der Waals surface area contributed by atoms with E-state index >= 15 is 0 Å². The second-order valence-corrected chi connectivity index (χ2v) is 5.02. The first-order valence-electron chi connectivity index (χ1n) is 6.32. The lowest BCUT2D eigenvalue weighted by Gasteiger charge is -2.46. The molecule has 0 aromatic heterocycles. The van der Waals surface area contributed by atoms with Crippen molar-refractivity contribution in [3.05, 3.63) is 0 Å². The molecule has 2 unspecified atom stereocenters. The maximum atomic E-state index is 2.65. The fourth-order valence-corrected chi connectivity index (χ4v) is 2.93. The number of piperidine rings is 2. The fraction of sp³-hybridized carbons (Fsp3) is 1.00. The normalized spacial score (nSPS) is 37.3. The number of nitrogens with zero attached hydrogens (tertiary/aromatic N) is 2. The SMILES string of the molecule is CC1CCCCN1N1CCCCC1C. The van der Waals surface area contributed by atoms with Crippen molar-refractivity contribution < 1.29 is 0 Å². The third-order valence-corrected chi connectivity index (χ3v) is 3.87. The molecular formula is C12H24N2. The van der Waals surface area contributed by atoms with E-state index in [4.69, 9.17) is 0 Å². The van der Waals surface area contributed by atoms with Gasteiger partial charge in [-0.3, -0.25) is 0 Å². The minimum atomic E-state index is 0.782. The van der Waals surface area contributed by atoms with Crippen LogP contribution >= 0.6 is 0 Å². The van der Waals surface area contributed by atoms with Crippen molar-refractivity contribution in [2.24, 2.45) is 0 Å². The van der Waals surface area contributed by atoms with Gasteiger partial charge in [-0.2, -0.15) is 0 Å². The zero-order valence-corrected chi connectivity index (χ0v) is 9.71. The number of hydrogen-bond acceptors (Lipinski definition) is 2. The van der Waals surface area contributed by atoms with Crippen LogP contribution in [0, 0.1) is 0 Å². The zero-order chi connectivity index (χ0) is 9.97. The van der Waals surface area contributed by atoms with Gasteiger partial charge in [0.15, 0.2) is 0 Å². The zero-order valence-electron chi connectivity index (χ0n) is 9.71. The van der Waals surface area contributed by atoms with Crippen molar-refractivity contribution in [2.75, 3.05) is 13.1 Å². The van der Waals surface area contributed by atoms with E-state index in [-0.39, 0.29) is 0 Å². The van der Waals surface area contributed by atoms with Crippen LogP contribution in [0.3, 0.4) is 0 Å². The van der Waals surface area contributed by atoms with Gasteiger partial charge in [-0.15, -0.1) is 0 Å². The third-order valence-electron chi connectivity index (χ3n) is 3.87. The maximum Gasteiger partial charge on any atom is 0.0217 e. The summed E-state index contributed by atoms with van der Waals surface area (Å²) < 4.78 is 0. The quantitative estimate of drug-likeness (QED) is 0.636. The molecule has 2 rings (SSSR count). The Balaban J connectivity index is 1.96. The molecule has 0 saturated carbocycles. The van der Waals surface area contributed by atoms with Gasteiger partial charge in [-0.25, -0.2) is 10.0 Å². The second-order valence-electron chi connectivity index (χ2n) is 5.02. The van der Waals surface area contributed by atoms with E-state index < -0.39 is 0 Å². The molecule has 2 aliphatic rings. The van der Waals surface area contributed by atoms with Crippen LogP contribution in [0.1, 0.15) is 52.4 Å². The molecular weight excluding hydrogens is 172 g/mol. The molecule has 2 atom stereocenters. The van der Waals surface area contributed by atoms with Crippen molar-refractivity contribution in [2.45, 2.75) is 64.5 Å². The molecule has 82 valence electrons. The Morgan fingerprint density at radius 3 is 1.50 bits per heavy atom. The Kier molecular flexibility index (Phi) is 3.45. The molecule has 0 aromatic carbocycles. The summed E-state index contributed by atoms with van der Waals surface area (Å²) in [6, 6.07) is 1.56. The highest BCUT2D eigenvalue weighted by molar-refractivity contribution is 4.77. The van der Waals surface area contributed by atoms with Gasteiger partial charge in [0.1, 0.15) is 0 Å². The highest BCUT2D eigenvalue weighted by atomic mass is 15.6. The second kappa shape index (κ2) is 4.63. The summed E-state index contributed by atoms with van der Waals surface area (Å²) in [6.45, 7) is 7.37. The van der Waals surface area contributed by atoms with Crippen LogP contribution in [-0.2, 0) is 0 Å². The molecule has 2 fully saturated rings. The van der Waals surface area contributed by atoms with Crippen LogP contribution in [-0.4, -0.2) is 35.2 Å². The summed E-state index contributed by atoms with van der Waals surface area (Å²) in [5, 5.41) is 5.29. The Morgan fingerprint density at radius 2 is 1.14 bits per heavy atom. The number of hydrazine groups is 1. The van der Waals surface area contributed by atoms with Gasteiger partial charge in [0.2, 0.25) is 0 Å². The van der Waals surface area contributed by atoms with E-state index in [0.29, 0.717) is 0 Å². The number of rotatable bonds is 1. The standard InChI is InChI=1S/C12H24N2/c1-11-7-3-5-9-13(11)14-10-6-4-8-12(14)2/h11-12H,3-10H2,1-2H3. The van der Waals surface area contributed by atoms with Crippen LogP contribution < -0.4 is 0 Å². The average Bonchev–Trinajstić information content (AvgIpc) is 2.20. The lowest BCUT2D eigenvalue weighted by atomic mass is 10.0. The van der Waals surface area contributed by atoms with Gasteiger partial charge in [0.25, 0.3) is 0 Å². The van der Waals surface area contributed by atoms with Crippen LogP contribution in [0.15, 0.2) is 0 Å². The molecule has 0 spiro atoms. The van der Waals surface area contributed by atoms with Gasteiger partial charge in [-0.1, -0.05) is 12.8 Å². The molecule has 2 heterocycles. The topological polar surface area (TPSA) is 6.48 Å². The summed E-state index contributed by atoms with van der Waals surface area (Å²) >= 11 is 0. The van der Waals surface area contributed by atoms with Gasteiger partial charge in [0, 0.05) is 25.2 Å². The first-order chi connectivity index (χ1) is 6.79. The van der Waals surface area contributed by atoms with E-state index in [9.17, 15) is 0 Å². The van der Waals surface area contributed by atoms with E-state index in [1.54, 1.807) is 0 Å². The van der Waals surface area contributed by atoms with Crippen molar-refractivity contribution in [1.82, 2.24) is 10.0 Å². The minimum absolute atomic E-state index is 0.782. The maximum absolute atomic E-state index is 2.65. The van der Waals surface area contributed by atoms with Crippen LogP contribution in [0.5, 0.6) is 0 Å². The molecule has 2 aliphatic heterocycles. The smallest absolute Gasteiger partial charge is 0.0217 e. The van der Waals surface area contributed by atoms with Gasteiger partial charge in [-0.05, 0) is 39.5 Å². The fourth-order valence-electron chi connectivity index (χ4n) is 2.93. The molecule has 0 N–H and O–H groups in total. The average molecular weight is 196 g/mol. The van der Waals surface area contributed by atoms with E-state index in [1.165, 1.54) is 51.6 Å². The van der Waals surface area contributed by atoms with E-state index in [0.717, 1.165) is 12.1 Å². The predicted octanol–water partition coefficient (Wildman–Crippen LogP) is 2.65. The van der Waals surface area contributed by atoms with Crippen molar-refractivity contribution in [3.63, 3.8) is 0 Å². The lowest BCUT2D eigenvalue weighted by Crippen LogP contribution is -2.55. The van der Waals surface area contributed by atoms with Gasteiger partial charge >= 0.3 is 0 Å². The first-order valence-corrected chi connectivity index (χ1v) is 6.32. The molecule has 0 amide bonds. The largest absolute Gasteiger partial charge is 0.239 e. The van der Waals surface area contributed by atoms with Gasteiger partial charge in [0.05, 0.1) is 0 Å². The highest BCUT2D eigenvalue weighted by Crippen LogP contribution is 2.25. The Morgan fingerprint density at radius 1 is 0.714 bits per heavy atom. The molecule has 0 radical (unpaired) electrons. The first kappa shape index (κ1) is 10.4. The molecule has 0 aromatic rings. The molecule has 2 heteroatoms. The van der Waals surface area contributed by atoms with Crippen molar-refractivity contribution in [1.29, 1.82) is 0 Å². The lowest BCUT2D eigenvalue weighted by molar-refractivity contribution is -0.110. The summed E-state index contributed by atoms with van der Waals surface area (Å²) in [5.74, 6) is 0. The van der Waals surface area contributed by atoms with E-state index in [1.807, 2.05) is 0 Å². The molecule has 0 aliphatic carbocycles. The Hall–Kier alpha value is -0.0800. The van der Waals surface area contributed by atoms with E-state index in [2.05, 4.69) is 23.9 Å². The summed E-state index contributed by atoms with van der Waals surface area (Å²) in [5.41, 5.74) is 0. The predicted molar refractivity (Wildman–Crippen MR) is 60.0 cm³/mol. The highest BCUT2D eigenvalue weighted by Gasteiger charge is 2.28. The Bertz CT molecular complexity index is 161. The van der Waals surface area contributed by atoms with Crippen LogP contribution in [0.2, 0.25) is 0 Å². The molecule has 2 saturated heterocycles. The Labute approximate surface area is 88.2 Å². The number of hydrogen-bond donors (Lipinski definition) is 0. The minimum Gasteiger partial charge on any atom is -0.239 e. The van der Waals surface area contributed by atoms with Crippen LogP contribution in [0.4, 0.5) is 0 Å². The summed E-state index contributed by atoms with van der Waals surface area (Å²) in [4.78, 5) is 0. The van der Waals surface area contributed by atoms with Crippen LogP contribution in [0.25, 0.3) is 0 Å². The molecule has 2 nitrogen and oxygen atoms in total. The van der Waals surface area contributed by atoms with Gasteiger partial charge < -0.3 is 0 Å². The monoisotopic (exact) mass is 196 g/mol. The summed E-state index contributed by atoms with van der Waals surface area (Å²) in [6.07, 6.45) is 8.44. The molecule has 14 heavy (non-hydrogen) atoms. The van der Waals surface area contributed by atoms with Crippen molar-refractivity contribution in [3.8, 4) is 0 Å².